The summed E-state index contributed by atoms with van der Waals surface area (Å²) in [5, 5.41) is 14.9. The number of aromatic nitrogens is 1. The topological polar surface area (TPSA) is 143 Å². The number of nitriles is 1. The van der Waals surface area contributed by atoms with Crippen LogP contribution in [0, 0.1) is 24.2 Å². The number of amides is 1. The Morgan fingerprint density at radius 1 is 1.32 bits per heavy atom. The Morgan fingerprint density at radius 2 is 1.93 bits per heavy atom. The summed E-state index contributed by atoms with van der Waals surface area (Å²) in [5.41, 5.74) is 8.04. The average Bonchev–Trinajstić information content (AvgIpc) is 2.99. The van der Waals surface area contributed by atoms with Crippen molar-refractivity contribution in [3.8, 4) is 17.2 Å². The molecule has 4 N–H and O–H groups in total. The second-order valence-electron chi connectivity index (χ2n) is 6.84. The van der Waals surface area contributed by atoms with Crippen molar-refractivity contribution in [2.75, 3.05) is 11.4 Å². The molecule has 1 aromatic carbocycles. The Kier molecular flexibility index (Phi) is 6.90. The highest BCUT2D eigenvalue weighted by Gasteiger charge is 2.28. The molecule has 0 saturated carbocycles. The average molecular weight is 422 g/mol. The number of primary sulfonamides is 1. The van der Waals surface area contributed by atoms with Crippen molar-refractivity contribution < 1.29 is 13.2 Å². The lowest BCUT2D eigenvalue weighted by atomic mass is 10.0. The Balaban J connectivity index is 2.48. The summed E-state index contributed by atoms with van der Waals surface area (Å²) < 4.78 is 27.3. The molecule has 0 spiro atoms. The third-order valence-corrected chi connectivity index (χ3v) is 5.99. The maximum absolute atomic E-state index is 12.9. The zero-order valence-electron chi connectivity index (χ0n) is 15.9. The fourth-order valence-corrected chi connectivity index (χ4v) is 4.26. The maximum atomic E-state index is 12.9. The van der Waals surface area contributed by atoms with E-state index in [2.05, 4.69) is 4.37 Å². The zero-order chi connectivity index (χ0) is 21.1. The van der Waals surface area contributed by atoms with Gasteiger partial charge in [0, 0.05) is 5.56 Å². The van der Waals surface area contributed by atoms with Crippen molar-refractivity contribution in [2.24, 2.45) is 16.8 Å². The maximum Gasteiger partial charge on any atom is 0.245 e. The van der Waals surface area contributed by atoms with Gasteiger partial charge >= 0.3 is 0 Å². The molecule has 10 heteroatoms. The van der Waals surface area contributed by atoms with Crippen LogP contribution in [0.4, 0.5) is 5.00 Å². The van der Waals surface area contributed by atoms with Crippen LogP contribution in [-0.2, 0) is 14.8 Å². The van der Waals surface area contributed by atoms with Gasteiger partial charge in [0.15, 0.2) is 0 Å². The van der Waals surface area contributed by atoms with Crippen LogP contribution in [0.2, 0.25) is 0 Å². The van der Waals surface area contributed by atoms with E-state index >= 15 is 0 Å². The first-order valence-corrected chi connectivity index (χ1v) is 10.9. The summed E-state index contributed by atoms with van der Waals surface area (Å²) in [7, 11) is -3.81. The summed E-state index contributed by atoms with van der Waals surface area (Å²) in [5.74, 6) is -0.113. The van der Waals surface area contributed by atoms with E-state index in [1.165, 1.54) is 17.0 Å². The smallest absolute Gasteiger partial charge is 0.245 e. The summed E-state index contributed by atoms with van der Waals surface area (Å²) in [6.07, 6.45) is 0.497. The molecule has 1 aromatic heterocycles. The largest absolute Gasteiger partial charge is 0.320 e. The van der Waals surface area contributed by atoms with E-state index in [-0.39, 0.29) is 23.3 Å². The third kappa shape index (κ3) is 4.94. The van der Waals surface area contributed by atoms with Gasteiger partial charge in [-0.3, -0.25) is 9.69 Å². The first-order valence-electron chi connectivity index (χ1n) is 8.59. The Hall–Kier alpha value is -2.32. The van der Waals surface area contributed by atoms with Crippen LogP contribution in [0.1, 0.15) is 26.0 Å². The highest BCUT2D eigenvalue weighted by molar-refractivity contribution is 7.89. The van der Waals surface area contributed by atoms with Gasteiger partial charge in [-0.2, -0.15) is 9.64 Å². The molecule has 0 aliphatic heterocycles. The van der Waals surface area contributed by atoms with Crippen molar-refractivity contribution in [1.82, 2.24) is 4.37 Å². The van der Waals surface area contributed by atoms with Gasteiger partial charge in [-0.05, 0) is 48.5 Å². The lowest BCUT2D eigenvalue weighted by molar-refractivity contribution is -0.120. The highest BCUT2D eigenvalue weighted by Crippen LogP contribution is 2.38. The SMILES string of the molecule is Cc1nsc(N(CC#N)C(=O)[C@@H](N)CC(C)C)c1-c1ccc(S(N)(=O)=O)cc1. The van der Waals surface area contributed by atoms with Gasteiger partial charge in [-0.15, -0.1) is 0 Å². The fourth-order valence-electron chi connectivity index (χ4n) is 2.81. The Bertz CT molecular complexity index is 991. The molecule has 0 unspecified atom stereocenters. The molecule has 2 aromatic rings. The normalized spacial score (nSPS) is 12.6. The number of nitrogens with zero attached hydrogens (tertiary/aromatic N) is 3. The van der Waals surface area contributed by atoms with Crippen LogP contribution in [0.5, 0.6) is 0 Å². The summed E-state index contributed by atoms with van der Waals surface area (Å²) in [6, 6.07) is 7.27. The van der Waals surface area contributed by atoms with Crippen LogP contribution in [-0.4, -0.2) is 31.3 Å². The second kappa shape index (κ2) is 8.79. The number of sulfonamides is 1. The summed E-state index contributed by atoms with van der Waals surface area (Å²) in [6.45, 7) is 5.56. The quantitative estimate of drug-likeness (QED) is 0.654. The molecule has 8 nitrogen and oxygen atoms in total. The molecule has 1 amide bonds. The third-order valence-electron chi connectivity index (χ3n) is 4.10. The molecule has 0 fully saturated rings. The van der Waals surface area contributed by atoms with Gasteiger partial charge in [-0.25, -0.2) is 13.6 Å². The van der Waals surface area contributed by atoms with Crippen molar-refractivity contribution in [2.45, 2.75) is 38.1 Å². The van der Waals surface area contributed by atoms with E-state index in [4.69, 9.17) is 10.9 Å². The molecular formula is C18H23N5O3S2. The Morgan fingerprint density at radius 3 is 2.43 bits per heavy atom. The first-order chi connectivity index (χ1) is 13.1. The van der Waals surface area contributed by atoms with Crippen molar-refractivity contribution in [3.05, 3.63) is 30.0 Å². The number of anilines is 1. The summed E-state index contributed by atoms with van der Waals surface area (Å²) in [4.78, 5) is 14.2. The predicted molar refractivity (Wildman–Crippen MR) is 109 cm³/mol. The van der Waals surface area contributed by atoms with Crippen LogP contribution in [0.15, 0.2) is 29.2 Å². The Labute approximate surface area is 169 Å². The number of carbonyl (C=O) groups is 1. The number of hydrogen-bond acceptors (Lipinski definition) is 7. The lowest BCUT2D eigenvalue weighted by Crippen LogP contribution is -2.44. The van der Waals surface area contributed by atoms with Crippen LogP contribution >= 0.6 is 11.5 Å². The van der Waals surface area contributed by atoms with Gasteiger partial charge < -0.3 is 5.73 Å². The first kappa shape index (κ1) is 22.0. The molecule has 2 rings (SSSR count). The minimum Gasteiger partial charge on any atom is -0.320 e. The number of rotatable bonds is 7. The molecule has 0 aliphatic rings. The zero-order valence-corrected chi connectivity index (χ0v) is 17.5. The minimum atomic E-state index is -3.81. The number of carbonyl (C=O) groups excluding carboxylic acids is 1. The fraction of sp³-hybridized carbons (Fsp3) is 0.389. The van der Waals surface area contributed by atoms with E-state index in [0.29, 0.717) is 28.2 Å². The summed E-state index contributed by atoms with van der Waals surface area (Å²) >= 11 is 1.10. The molecule has 0 saturated heterocycles. The van der Waals surface area contributed by atoms with Crippen molar-refractivity contribution >= 4 is 32.5 Å². The molecule has 0 bridgehead atoms. The molecule has 28 heavy (non-hydrogen) atoms. The van der Waals surface area contributed by atoms with E-state index in [0.717, 1.165) is 11.5 Å². The number of aryl methyl sites for hydroxylation is 1. The highest BCUT2D eigenvalue weighted by atomic mass is 32.2. The van der Waals surface area contributed by atoms with Gasteiger partial charge in [0.2, 0.25) is 15.9 Å². The molecule has 1 atom stereocenters. The van der Waals surface area contributed by atoms with E-state index < -0.39 is 16.1 Å². The molecule has 0 aliphatic carbocycles. The van der Waals surface area contributed by atoms with E-state index in [1.54, 1.807) is 19.1 Å². The standard InChI is InChI=1S/C18H23N5O3S2/c1-11(2)10-15(20)17(24)23(9-8-19)18-16(12(3)22-27-18)13-4-6-14(7-5-13)28(21,25)26/h4-7,11,15H,9-10,20H2,1-3H3,(H2,21,25,26)/t15-/m0/s1. The molecular weight excluding hydrogens is 398 g/mol. The lowest BCUT2D eigenvalue weighted by Gasteiger charge is -2.24. The number of benzene rings is 1. The van der Waals surface area contributed by atoms with E-state index in [9.17, 15) is 18.5 Å². The molecule has 150 valence electrons. The number of hydrogen-bond donors (Lipinski definition) is 2. The molecule has 0 radical (unpaired) electrons. The van der Waals surface area contributed by atoms with Crippen LogP contribution < -0.4 is 15.8 Å². The van der Waals surface area contributed by atoms with Crippen LogP contribution in [0.3, 0.4) is 0 Å². The van der Waals surface area contributed by atoms with Crippen LogP contribution in [0.25, 0.3) is 11.1 Å². The molecule has 1 heterocycles. The van der Waals surface area contributed by atoms with E-state index in [1.807, 2.05) is 19.9 Å². The number of nitrogens with two attached hydrogens (primary N) is 2. The van der Waals surface area contributed by atoms with Gasteiger partial charge in [0.05, 0.1) is 22.7 Å². The van der Waals surface area contributed by atoms with Gasteiger partial charge in [0.25, 0.3) is 0 Å². The van der Waals surface area contributed by atoms with Crippen molar-refractivity contribution in [1.29, 1.82) is 5.26 Å². The minimum absolute atomic E-state index is 0.0115. The second-order valence-corrected chi connectivity index (χ2v) is 9.15. The predicted octanol–water partition coefficient (Wildman–Crippen LogP) is 2.00. The van der Waals surface area contributed by atoms with Gasteiger partial charge in [0.1, 0.15) is 11.5 Å². The van der Waals surface area contributed by atoms with Crippen molar-refractivity contribution in [3.63, 3.8) is 0 Å². The monoisotopic (exact) mass is 421 g/mol. The van der Waals surface area contributed by atoms with Gasteiger partial charge in [-0.1, -0.05) is 26.0 Å².